The number of thioether (sulfide) groups is 1. The summed E-state index contributed by atoms with van der Waals surface area (Å²) in [6, 6.07) is 4.50. The van der Waals surface area contributed by atoms with Crippen molar-refractivity contribution in [1.82, 2.24) is 4.98 Å². The maximum absolute atomic E-state index is 5.96. The summed E-state index contributed by atoms with van der Waals surface area (Å²) >= 11 is 5.25. The third-order valence-electron chi connectivity index (χ3n) is 2.65. The highest BCUT2D eigenvalue weighted by Gasteiger charge is 2.20. The lowest BCUT2D eigenvalue weighted by Crippen LogP contribution is -2.29. The molecule has 0 spiro atoms. The van der Waals surface area contributed by atoms with E-state index >= 15 is 0 Å². The molecule has 4 heteroatoms. The van der Waals surface area contributed by atoms with E-state index in [9.17, 15) is 0 Å². The van der Waals surface area contributed by atoms with Crippen molar-refractivity contribution in [2.24, 2.45) is 5.73 Å². The summed E-state index contributed by atoms with van der Waals surface area (Å²) in [5.74, 6) is 0. The number of aromatic nitrogens is 1. The van der Waals surface area contributed by atoms with Gasteiger partial charge in [-0.25, -0.2) is 4.98 Å². The summed E-state index contributed by atoms with van der Waals surface area (Å²) in [4.78, 5) is 4.37. The van der Waals surface area contributed by atoms with Crippen molar-refractivity contribution >= 4 is 27.7 Å². The van der Waals surface area contributed by atoms with Gasteiger partial charge in [0, 0.05) is 22.0 Å². The molecule has 0 aromatic carbocycles. The van der Waals surface area contributed by atoms with E-state index in [-0.39, 0.29) is 0 Å². The van der Waals surface area contributed by atoms with E-state index in [0.717, 1.165) is 15.9 Å². The first kappa shape index (κ1) is 11.4. The van der Waals surface area contributed by atoms with Crippen LogP contribution in [0.5, 0.6) is 0 Å². The Kier molecular flexibility index (Phi) is 4.05. The Morgan fingerprint density at radius 2 is 2.27 bits per heavy atom. The van der Waals surface area contributed by atoms with Gasteiger partial charge >= 0.3 is 0 Å². The van der Waals surface area contributed by atoms with Crippen molar-refractivity contribution < 1.29 is 0 Å². The third-order valence-corrected chi connectivity index (χ3v) is 4.37. The summed E-state index contributed by atoms with van der Waals surface area (Å²) < 4.78 is 1.03. The van der Waals surface area contributed by atoms with Gasteiger partial charge in [-0.05, 0) is 47.3 Å². The predicted molar refractivity (Wildman–Crippen MR) is 68.0 cm³/mol. The number of hydrogen-bond acceptors (Lipinski definition) is 3. The fourth-order valence-electron chi connectivity index (χ4n) is 1.89. The molecule has 2 N–H and O–H groups in total. The average Bonchev–Trinajstić information content (AvgIpc) is 2.22. The minimum Gasteiger partial charge on any atom is -0.328 e. The molecule has 15 heavy (non-hydrogen) atoms. The number of pyridine rings is 1. The van der Waals surface area contributed by atoms with Gasteiger partial charge in [-0.15, -0.1) is 11.8 Å². The van der Waals surface area contributed by atoms with Crippen LogP contribution in [0.3, 0.4) is 0 Å². The molecular formula is C11H15BrN2S. The zero-order valence-electron chi connectivity index (χ0n) is 8.53. The monoisotopic (exact) mass is 286 g/mol. The predicted octanol–water partition coefficient (Wildman–Crippen LogP) is 3.21. The second-order valence-corrected chi connectivity index (χ2v) is 6.22. The van der Waals surface area contributed by atoms with E-state index in [1.807, 2.05) is 24.0 Å². The van der Waals surface area contributed by atoms with Crippen molar-refractivity contribution in [2.75, 3.05) is 0 Å². The van der Waals surface area contributed by atoms with Crippen LogP contribution < -0.4 is 5.73 Å². The van der Waals surface area contributed by atoms with E-state index in [0.29, 0.717) is 11.3 Å². The third kappa shape index (κ3) is 3.47. The Morgan fingerprint density at radius 1 is 1.40 bits per heavy atom. The largest absolute Gasteiger partial charge is 0.328 e. The van der Waals surface area contributed by atoms with Gasteiger partial charge in [0.05, 0.1) is 5.03 Å². The molecule has 2 rings (SSSR count). The molecular weight excluding hydrogens is 272 g/mol. The molecule has 1 aliphatic rings. The Balaban J connectivity index is 1.93. The second kappa shape index (κ2) is 5.32. The van der Waals surface area contributed by atoms with Gasteiger partial charge in [0.25, 0.3) is 0 Å². The first-order chi connectivity index (χ1) is 7.24. The Labute approximate surface area is 103 Å². The SMILES string of the molecule is NC1CCCC(Sc2ccc(Br)cn2)C1. The van der Waals surface area contributed by atoms with Crippen LogP contribution in [0, 0.1) is 0 Å². The Hall–Kier alpha value is -0.0600. The molecule has 1 aromatic heterocycles. The van der Waals surface area contributed by atoms with Crippen LogP contribution in [-0.2, 0) is 0 Å². The molecule has 2 atom stereocenters. The minimum absolute atomic E-state index is 0.395. The minimum atomic E-state index is 0.395. The molecule has 1 heterocycles. The summed E-state index contributed by atoms with van der Waals surface area (Å²) in [6.45, 7) is 0. The molecule has 0 bridgehead atoms. The van der Waals surface area contributed by atoms with E-state index in [1.54, 1.807) is 0 Å². The highest BCUT2D eigenvalue weighted by atomic mass is 79.9. The topological polar surface area (TPSA) is 38.9 Å². The number of halogens is 1. The zero-order chi connectivity index (χ0) is 10.7. The Morgan fingerprint density at radius 3 is 2.93 bits per heavy atom. The van der Waals surface area contributed by atoms with Crippen LogP contribution in [0.4, 0.5) is 0 Å². The zero-order valence-corrected chi connectivity index (χ0v) is 10.9. The van der Waals surface area contributed by atoms with Gasteiger partial charge in [-0.3, -0.25) is 0 Å². The van der Waals surface area contributed by atoms with Crippen LogP contribution in [-0.4, -0.2) is 16.3 Å². The average molecular weight is 287 g/mol. The quantitative estimate of drug-likeness (QED) is 0.907. The number of hydrogen-bond donors (Lipinski definition) is 1. The van der Waals surface area contributed by atoms with Gasteiger partial charge in [0.1, 0.15) is 0 Å². The van der Waals surface area contributed by atoms with Gasteiger partial charge < -0.3 is 5.73 Å². The highest BCUT2D eigenvalue weighted by molar-refractivity contribution is 9.10. The molecule has 82 valence electrons. The first-order valence-electron chi connectivity index (χ1n) is 5.28. The van der Waals surface area contributed by atoms with Crippen LogP contribution in [0.2, 0.25) is 0 Å². The molecule has 0 radical (unpaired) electrons. The van der Waals surface area contributed by atoms with Gasteiger partial charge in [-0.1, -0.05) is 6.42 Å². The summed E-state index contributed by atoms with van der Waals surface area (Å²) in [5, 5.41) is 1.76. The fraction of sp³-hybridized carbons (Fsp3) is 0.545. The van der Waals surface area contributed by atoms with Gasteiger partial charge in [-0.2, -0.15) is 0 Å². The molecule has 1 saturated carbocycles. The van der Waals surface area contributed by atoms with Gasteiger partial charge in [0.15, 0.2) is 0 Å². The van der Waals surface area contributed by atoms with Crippen molar-refractivity contribution in [3.8, 4) is 0 Å². The maximum Gasteiger partial charge on any atom is 0.0963 e. The molecule has 1 fully saturated rings. The van der Waals surface area contributed by atoms with E-state index in [1.165, 1.54) is 19.3 Å². The standard InChI is InChI=1S/C11H15BrN2S/c12-8-4-5-11(14-7-8)15-10-3-1-2-9(13)6-10/h4-5,7,9-10H,1-3,6,13H2. The molecule has 2 nitrogen and oxygen atoms in total. The van der Waals surface area contributed by atoms with E-state index in [2.05, 4.69) is 27.0 Å². The lowest BCUT2D eigenvalue weighted by Gasteiger charge is -2.25. The lowest BCUT2D eigenvalue weighted by molar-refractivity contribution is 0.451. The van der Waals surface area contributed by atoms with Crippen LogP contribution >= 0.6 is 27.7 Å². The normalized spacial score (nSPS) is 26.5. The van der Waals surface area contributed by atoms with Crippen molar-refractivity contribution in [2.45, 2.75) is 42.0 Å². The number of nitrogens with two attached hydrogens (primary N) is 1. The number of nitrogens with zero attached hydrogens (tertiary/aromatic N) is 1. The van der Waals surface area contributed by atoms with Crippen LogP contribution in [0.15, 0.2) is 27.8 Å². The molecule has 0 aliphatic heterocycles. The Bertz CT molecular complexity index is 315. The summed E-state index contributed by atoms with van der Waals surface area (Å²) in [5.41, 5.74) is 5.96. The molecule has 1 aliphatic carbocycles. The second-order valence-electron chi connectivity index (χ2n) is 3.98. The molecule has 0 saturated heterocycles. The van der Waals surface area contributed by atoms with Gasteiger partial charge in [0.2, 0.25) is 0 Å². The lowest BCUT2D eigenvalue weighted by atomic mass is 9.96. The van der Waals surface area contributed by atoms with Crippen molar-refractivity contribution in [1.29, 1.82) is 0 Å². The van der Waals surface area contributed by atoms with Crippen LogP contribution in [0.25, 0.3) is 0 Å². The van der Waals surface area contributed by atoms with Crippen LogP contribution in [0.1, 0.15) is 25.7 Å². The number of rotatable bonds is 2. The van der Waals surface area contributed by atoms with Crippen molar-refractivity contribution in [3.63, 3.8) is 0 Å². The summed E-state index contributed by atoms with van der Waals surface area (Å²) in [6.07, 6.45) is 6.70. The smallest absolute Gasteiger partial charge is 0.0963 e. The summed E-state index contributed by atoms with van der Waals surface area (Å²) in [7, 11) is 0. The highest BCUT2D eigenvalue weighted by Crippen LogP contribution is 2.32. The van der Waals surface area contributed by atoms with E-state index in [4.69, 9.17) is 5.73 Å². The first-order valence-corrected chi connectivity index (χ1v) is 6.95. The fourth-order valence-corrected chi connectivity index (χ4v) is 3.36. The molecule has 0 amide bonds. The van der Waals surface area contributed by atoms with E-state index < -0.39 is 0 Å². The van der Waals surface area contributed by atoms with Crippen molar-refractivity contribution in [3.05, 3.63) is 22.8 Å². The maximum atomic E-state index is 5.96. The molecule has 1 aromatic rings. The molecule has 2 unspecified atom stereocenters.